The number of nitrogen functional groups attached to an aromatic ring is 1. The van der Waals surface area contributed by atoms with E-state index in [4.69, 9.17) is 5.73 Å². The molecule has 0 aliphatic rings. The van der Waals surface area contributed by atoms with Crippen molar-refractivity contribution in [2.75, 3.05) is 37.8 Å². The molecular weight excluding hydrogens is 345 g/mol. The van der Waals surface area contributed by atoms with Crippen molar-refractivity contribution >= 4 is 42.1 Å². The molecule has 0 fully saturated rings. The van der Waals surface area contributed by atoms with Gasteiger partial charge in [-0.05, 0) is 29.8 Å². The van der Waals surface area contributed by atoms with Crippen LogP contribution in [0.1, 0.15) is 5.56 Å². The van der Waals surface area contributed by atoms with Gasteiger partial charge in [0.25, 0.3) is 0 Å². The number of benzene rings is 2. The zero-order valence-corrected chi connectivity index (χ0v) is 15.6. The Kier molecular flexibility index (Phi) is 9.93. The Morgan fingerprint density at radius 1 is 0.917 bits per heavy atom. The molecule has 0 bridgehead atoms. The van der Waals surface area contributed by atoms with E-state index in [1.165, 1.54) is 0 Å². The molecular formula is C18H25Cl2N3O. The summed E-state index contributed by atoms with van der Waals surface area (Å²) in [4.78, 5) is 16.1. The maximum absolute atomic E-state index is 12.2. The lowest BCUT2D eigenvalue weighted by Gasteiger charge is -2.24. The van der Waals surface area contributed by atoms with E-state index in [-0.39, 0.29) is 30.7 Å². The van der Waals surface area contributed by atoms with Gasteiger partial charge >= 0.3 is 0 Å². The maximum atomic E-state index is 12.2. The summed E-state index contributed by atoms with van der Waals surface area (Å²) in [7, 11) is 3.88. The highest BCUT2D eigenvalue weighted by Gasteiger charge is 2.10. The van der Waals surface area contributed by atoms with E-state index in [0.29, 0.717) is 18.7 Å². The van der Waals surface area contributed by atoms with Crippen molar-refractivity contribution in [3.63, 3.8) is 0 Å². The summed E-state index contributed by atoms with van der Waals surface area (Å²) in [5.41, 5.74) is 8.51. The standard InChI is InChI=1S/C18H23N3O.2ClH/c1-20(17-6-4-3-5-7-17)12-13-21(2)18(22)14-15-8-10-16(19)11-9-15;;/h3-11H,12-14,19H2,1-2H3;2*1H. The predicted octanol–water partition coefficient (Wildman–Crippen LogP) is 3.25. The molecule has 0 radical (unpaired) electrons. The Hall–Kier alpha value is -1.91. The molecule has 4 nitrogen and oxygen atoms in total. The van der Waals surface area contributed by atoms with Crippen molar-refractivity contribution < 1.29 is 4.79 Å². The fraction of sp³-hybridized carbons (Fsp3) is 0.278. The number of likely N-dealkylation sites (N-methyl/N-ethyl adjacent to an activating group) is 2. The van der Waals surface area contributed by atoms with Crippen LogP contribution in [0.3, 0.4) is 0 Å². The topological polar surface area (TPSA) is 49.6 Å². The summed E-state index contributed by atoms with van der Waals surface area (Å²) in [6.07, 6.45) is 0.409. The molecule has 1 amide bonds. The van der Waals surface area contributed by atoms with Crippen molar-refractivity contribution in [2.24, 2.45) is 0 Å². The van der Waals surface area contributed by atoms with Gasteiger partial charge in [0, 0.05) is 38.6 Å². The molecule has 6 heteroatoms. The number of hydrogen-bond acceptors (Lipinski definition) is 3. The zero-order valence-electron chi connectivity index (χ0n) is 14.0. The normalized spacial score (nSPS) is 9.42. The molecule has 0 aliphatic carbocycles. The third-order valence-electron chi connectivity index (χ3n) is 3.73. The van der Waals surface area contributed by atoms with Gasteiger partial charge in [0.1, 0.15) is 0 Å². The highest BCUT2D eigenvalue weighted by molar-refractivity contribution is 5.85. The smallest absolute Gasteiger partial charge is 0.226 e. The SMILES string of the molecule is CN(CCN(C)c1ccccc1)C(=O)Cc1ccc(N)cc1.Cl.Cl. The maximum Gasteiger partial charge on any atom is 0.226 e. The molecule has 2 rings (SSSR count). The highest BCUT2D eigenvalue weighted by Crippen LogP contribution is 2.11. The minimum Gasteiger partial charge on any atom is -0.399 e. The molecule has 0 saturated heterocycles. The fourth-order valence-corrected chi connectivity index (χ4v) is 2.18. The van der Waals surface area contributed by atoms with Crippen molar-refractivity contribution in [1.29, 1.82) is 0 Å². The predicted molar refractivity (Wildman–Crippen MR) is 106 cm³/mol. The van der Waals surface area contributed by atoms with E-state index in [0.717, 1.165) is 17.8 Å². The third kappa shape index (κ3) is 6.69. The second-order valence-corrected chi connectivity index (χ2v) is 5.49. The molecule has 2 aromatic rings. The van der Waals surface area contributed by atoms with Gasteiger partial charge < -0.3 is 15.5 Å². The molecule has 0 spiro atoms. The van der Waals surface area contributed by atoms with Gasteiger partial charge in [-0.2, -0.15) is 0 Å². The number of amides is 1. The summed E-state index contributed by atoms with van der Waals surface area (Å²) in [5, 5.41) is 0. The lowest BCUT2D eigenvalue weighted by Crippen LogP contribution is -2.35. The van der Waals surface area contributed by atoms with E-state index >= 15 is 0 Å². The summed E-state index contributed by atoms with van der Waals surface area (Å²) >= 11 is 0. The van der Waals surface area contributed by atoms with Crippen LogP contribution in [-0.4, -0.2) is 38.0 Å². The molecule has 0 unspecified atom stereocenters. The quantitative estimate of drug-likeness (QED) is 0.795. The Morgan fingerprint density at radius 3 is 2.08 bits per heavy atom. The first-order valence-electron chi connectivity index (χ1n) is 7.41. The van der Waals surface area contributed by atoms with Crippen molar-refractivity contribution in [3.05, 3.63) is 60.2 Å². The van der Waals surface area contributed by atoms with Gasteiger partial charge in [-0.15, -0.1) is 24.8 Å². The van der Waals surface area contributed by atoms with Crippen LogP contribution in [0.25, 0.3) is 0 Å². The first-order valence-corrected chi connectivity index (χ1v) is 7.41. The molecule has 0 saturated carbocycles. The number of carbonyl (C=O) groups excluding carboxylic acids is 1. The molecule has 0 aliphatic heterocycles. The summed E-state index contributed by atoms with van der Waals surface area (Å²) in [6, 6.07) is 17.6. The molecule has 0 heterocycles. The Labute approximate surface area is 156 Å². The lowest BCUT2D eigenvalue weighted by molar-refractivity contribution is -0.129. The van der Waals surface area contributed by atoms with Crippen LogP contribution in [0.5, 0.6) is 0 Å². The Morgan fingerprint density at radius 2 is 1.50 bits per heavy atom. The van der Waals surface area contributed by atoms with Crippen LogP contribution in [-0.2, 0) is 11.2 Å². The summed E-state index contributed by atoms with van der Waals surface area (Å²) < 4.78 is 0. The first-order chi connectivity index (χ1) is 10.6. The third-order valence-corrected chi connectivity index (χ3v) is 3.73. The average molecular weight is 370 g/mol. The zero-order chi connectivity index (χ0) is 15.9. The molecule has 2 N–H and O–H groups in total. The highest BCUT2D eigenvalue weighted by atomic mass is 35.5. The number of hydrogen-bond donors (Lipinski definition) is 1. The van der Waals surface area contributed by atoms with Crippen molar-refractivity contribution in [2.45, 2.75) is 6.42 Å². The molecule has 132 valence electrons. The molecule has 24 heavy (non-hydrogen) atoms. The molecule has 2 aromatic carbocycles. The lowest BCUT2D eigenvalue weighted by atomic mass is 10.1. The van der Waals surface area contributed by atoms with E-state index in [2.05, 4.69) is 17.0 Å². The van der Waals surface area contributed by atoms with E-state index in [1.54, 1.807) is 4.90 Å². The van der Waals surface area contributed by atoms with E-state index < -0.39 is 0 Å². The van der Waals surface area contributed by atoms with Crippen molar-refractivity contribution in [1.82, 2.24) is 4.90 Å². The van der Waals surface area contributed by atoms with Crippen LogP contribution >= 0.6 is 24.8 Å². The monoisotopic (exact) mass is 369 g/mol. The first kappa shape index (κ1) is 22.1. The van der Waals surface area contributed by atoms with Gasteiger partial charge in [0.2, 0.25) is 5.91 Å². The largest absolute Gasteiger partial charge is 0.399 e. The summed E-state index contributed by atoms with van der Waals surface area (Å²) in [6.45, 7) is 1.49. The van der Waals surface area contributed by atoms with Crippen LogP contribution in [0, 0.1) is 0 Å². The Balaban J connectivity index is 0.00000264. The number of anilines is 2. The number of rotatable bonds is 6. The van der Waals surface area contributed by atoms with Gasteiger partial charge in [-0.25, -0.2) is 0 Å². The minimum atomic E-state index is 0. The second-order valence-electron chi connectivity index (χ2n) is 5.49. The number of halogens is 2. The van der Waals surface area contributed by atoms with Crippen LogP contribution < -0.4 is 10.6 Å². The molecule has 0 atom stereocenters. The minimum absolute atomic E-state index is 0. The number of para-hydroxylation sites is 1. The van der Waals surface area contributed by atoms with Crippen LogP contribution in [0.15, 0.2) is 54.6 Å². The number of nitrogens with zero attached hydrogens (tertiary/aromatic N) is 2. The molecule has 0 aromatic heterocycles. The van der Waals surface area contributed by atoms with Crippen LogP contribution in [0.2, 0.25) is 0 Å². The Bertz CT molecular complexity index is 605. The number of carbonyl (C=O) groups is 1. The van der Waals surface area contributed by atoms with Gasteiger partial charge in [0.05, 0.1) is 6.42 Å². The fourth-order valence-electron chi connectivity index (χ4n) is 2.18. The second kappa shape index (κ2) is 10.8. The van der Waals surface area contributed by atoms with Gasteiger partial charge in [-0.1, -0.05) is 30.3 Å². The van der Waals surface area contributed by atoms with Crippen molar-refractivity contribution in [3.8, 4) is 0 Å². The van der Waals surface area contributed by atoms with Crippen LogP contribution in [0.4, 0.5) is 11.4 Å². The van der Waals surface area contributed by atoms with E-state index in [9.17, 15) is 4.79 Å². The van der Waals surface area contributed by atoms with Gasteiger partial charge in [0.15, 0.2) is 0 Å². The van der Waals surface area contributed by atoms with Gasteiger partial charge in [-0.3, -0.25) is 4.79 Å². The van der Waals surface area contributed by atoms with E-state index in [1.807, 2.05) is 56.6 Å². The average Bonchev–Trinajstić information content (AvgIpc) is 2.55. The number of nitrogens with two attached hydrogens (primary N) is 1. The summed E-state index contributed by atoms with van der Waals surface area (Å²) in [5.74, 6) is 0.117.